The molecule has 114 valence electrons. The summed E-state index contributed by atoms with van der Waals surface area (Å²) in [6, 6.07) is 1.99. The zero-order valence-electron chi connectivity index (χ0n) is 12.5. The maximum atomic E-state index is 12.4. The Morgan fingerprint density at radius 3 is 2.15 bits per heavy atom. The Hall–Kier alpha value is -0.950. The van der Waals surface area contributed by atoms with Crippen LogP contribution in [0.25, 0.3) is 0 Å². The molecule has 0 aromatic heterocycles. The highest BCUT2D eigenvalue weighted by molar-refractivity contribution is 7.89. The number of ether oxygens (including phenoxy) is 1. The van der Waals surface area contributed by atoms with Crippen LogP contribution in [0.4, 0.5) is 0 Å². The molecule has 0 radical (unpaired) electrons. The Bertz CT molecular complexity index is 541. The molecular formula is C14H23NO4S. The number of aryl methyl sites for hydroxylation is 2. The number of aliphatic hydroxyl groups is 1. The zero-order valence-corrected chi connectivity index (χ0v) is 13.3. The van der Waals surface area contributed by atoms with Crippen molar-refractivity contribution in [1.29, 1.82) is 0 Å². The summed E-state index contributed by atoms with van der Waals surface area (Å²) in [5.74, 6) is 0. The van der Waals surface area contributed by atoms with Gasteiger partial charge in [0.25, 0.3) is 0 Å². The fraction of sp³-hybridized carbons (Fsp3) is 0.571. The predicted molar refractivity (Wildman–Crippen MR) is 78.5 cm³/mol. The van der Waals surface area contributed by atoms with Crippen LogP contribution >= 0.6 is 0 Å². The topological polar surface area (TPSA) is 75.6 Å². The van der Waals surface area contributed by atoms with E-state index in [-0.39, 0.29) is 26.4 Å². The van der Waals surface area contributed by atoms with E-state index >= 15 is 0 Å². The summed E-state index contributed by atoms with van der Waals surface area (Å²) in [5.41, 5.74) is 3.48. The summed E-state index contributed by atoms with van der Waals surface area (Å²) in [7, 11) is -3.55. The molecule has 0 amide bonds. The summed E-state index contributed by atoms with van der Waals surface area (Å²) < 4.78 is 32.4. The Balaban J connectivity index is 2.93. The summed E-state index contributed by atoms with van der Waals surface area (Å²) in [5, 5.41) is 8.57. The van der Waals surface area contributed by atoms with E-state index in [0.717, 1.165) is 22.3 Å². The number of sulfonamides is 1. The van der Waals surface area contributed by atoms with Crippen LogP contribution in [0.15, 0.2) is 11.0 Å². The fourth-order valence-corrected chi connectivity index (χ4v) is 3.70. The van der Waals surface area contributed by atoms with Crippen molar-refractivity contribution in [1.82, 2.24) is 4.72 Å². The maximum absolute atomic E-state index is 12.4. The molecule has 6 heteroatoms. The molecule has 0 bridgehead atoms. The standard InChI is InChI=1S/C14H23NO4S/c1-10-9-11(2)13(4)14(12(10)3)20(17,18)15-5-7-19-8-6-16/h9,15-16H,5-8H2,1-4H3. The zero-order chi connectivity index (χ0) is 15.3. The molecule has 1 aromatic rings. The first-order chi connectivity index (χ1) is 9.31. The first-order valence-electron chi connectivity index (χ1n) is 6.57. The van der Waals surface area contributed by atoms with Crippen molar-refractivity contribution >= 4 is 10.0 Å². The molecule has 0 aliphatic carbocycles. The van der Waals surface area contributed by atoms with Crippen molar-refractivity contribution in [2.75, 3.05) is 26.4 Å². The molecule has 2 N–H and O–H groups in total. The van der Waals surface area contributed by atoms with E-state index < -0.39 is 10.0 Å². The average molecular weight is 301 g/mol. The lowest BCUT2D eigenvalue weighted by molar-refractivity contribution is 0.0961. The normalized spacial score (nSPS) is 11.8. The second kappa shape index (κ2) is 7.17. The molecule has 0 spiro atoms. The van der Waals surface area contributed by atoms with Gasteiger partial charge in [0.1, 0.15) is 0 Å². The molecule has 0 saturated carbocycles. The molecule has 20 heavy (non-hydrogen) atoms. The van der Waals surface area contributed by atoms with E-state index in [1.807, 2.05) is 33.8 Å². The molecule has 1 rings (SSSR count). The molecule has 0 atom stereocenters. The van der Waals surface area contributed by atoms with Gasteiger partial charge in [-0.05, 0) is 49.9 Å². The minimum Gasteiger partial charge on any atom is -0.394 e. The van der Waals surface area contributed by atoms with Gasteiger partial charge >= 0.3 is 0 Å². The Morgan fingerprint density at radius 1 is 1.10 bits per heavy atom. The van der Waals surface area contributed by atoms with Crippen molar-refractivity contribution in [2.45, 2.75) is 32.6 Å². The Morgan fingerprint density at radius 2 is 1.65 bits per heavy atom. The number of rotatable bonds is 7. The van der Waals surface area contributed by atoms with Crippen LogP contribution in [0.5, 0.6) is 0 Å². The molecule has 0 heterocycles. The lowest BCUT2D eigenvalue weighted by Gasteiger charge is -2.16. The maximum Gasteiger partial charge on any atom is 0.241 e. The molecule has 0 fully saturated rings. The van der Waals surface area contributed by atoms with E-state index in [4.69, 9.17) is 9.84 Å². The van der Waals surface area contributed by atoms with E-state index in [2.05, 4.69) is 4.72 Å². The predicted octanol–water partition coefficient (Wildman–Crippen LogP) is 1.21. The number of hydrogen-bond donors (Lipinski definition) is 2. The van der Waals surface area contributed by atoms with Gasteiger partial charge in [-0.15, -0.1) is 0 Å². The van der Waals surface area contributed by atoms with Gasteiger partial charge in [0.05, 0.1) is 24.7 Å². The van der Waals surface area contributed by atoms with Crippen LogP contribution in [-0.4, -0.2) is 39.9 Å². The van der Waals surface area contributed by atoms with E-state index in [9.17, 15) is 8.42 Å². The van der Waals surface area contributed by atoms with Crippen molar-refractivity contribution in [2.24, 2.45) is 0 Å². The highest BCUT2D eigenvalue weighted by atomic mass is 32.2. The van der Waals surface area contributed by atoms with Gasteiger partial charge in [0.15, 0.2) is 0 Å². The number of nitrogens with one attached hydrogen (secondary N) is 1. The van der Waals surface area contributed by atoms with Crippen LogP contribution in [0.3, 0.4) is 0 Å². The third-order valence-corrected chi connectivity index (χ3v) is 5.07. The molecule has 1 aromatic carbocycles. The molecule has 5 nitrogen and oxygen atoms in total. The lowest BCUT2D eigenvalue weighted by atomic mass is 10.0. The van der Waals surface area contributed by atoms with Crippen LogP contribution in [0.1, 0.15) is 22.3 Å². The molecule has 0 aliphatic heterocycles. The number of hydrogen-bond acceptors (Lipinski definition) is 4. The van der Waals surface area contributed by atoms with Gasteiger partial charge in [-0.3, -0.25) is 0 Å². The third-order valence-electron chi connectivity index (χ3n) is 3.34. The summed E-state index contributed by atoms with van der Waals surface area (Å²) in [4.78, 5) is 0.358. The van der Waals surface area contributed by atoms with Crippen LogP contribution < -0.4 is 4.72 Å². The summed E-state index contributed by atoms with van der Waals surface area (Å²) in [6.07, 6.45) is 0. The SMILES string of the molecule is Cc1cc(C)c(C)c(S(=O)(=O)NCCOCCO)c1C. The van der Waals surface area contributed by atoms with Crippen molar-refractivity contribution in [3.63, 3.8) is 0 Å². The number of aliphatic hydroxyl groups excluding tert-OH is 1. The molecule has 0 saturated heterocycles. The highest BCUT2D eigenvalue weighted by Crippen LogP contribution is 2.25. The van der Waals surface area contributed by atoms with E-state index in [0.29, 0.717) is 4.90 Å². The fourth-order valence-electron chi connectivity index (χ4n) is 2.07. The second-order valence-electron chi connectivity index (χ2n) is 4.82. The van der Waals surface area contributed by atoms with Gasteiger partial charge in [0.2, 0.25) is 10.0 Å². The summed E-state index contributed by atoms with van der Waals surface area (Å²) >= 11 is 0. The highest BCUT2D eigenvalue weighted by Gasteiger charge is 2.21. The quantitative estimate of drug-likeness (QED) is 0.742. The summed E-state index contributed by atoms with van der Waals surface area (Å²) in [6.45, 7) is 8.02. The first kappa shape index (κ1) is 17.1. The van der Waals surface area contributed by atoms with Crippen molar-refractivity contribution in [3.8, 4) is 0 Å². The third kappa shape index (κ3) is 4.02. The van der Waals surface area contributed by atoms with Crippen LogP contribution in [0.2, 0.25) is 0 Å². The van der Waals surface area contributed by atoms with Gasteiger partial charge in [-0.1, -0.05) is 6.07 Å². The van der Waals surface area contributed by atoms with Crippen LogP contribution in [0, 0.1) is 27.7 Å². The van der Waals surface area contributed by atoms with E-state index in [1.165, 1.54) is 0 Å². The molecule has 0 aliphatic rings. The minimum absolute atomic E-state index is 0.0674. The Kier molecular flexibility index (Phi) is 6.13. The van der Waals surface area contributed by atoms with Gasteiger partial charge in [-0.2, -0.15) is 0 Å². The lowest BCUT2D eigenvalue weighted by Crippen LogP contribution is -2.29. The van der Waals surface area contributed by atoms with Crippen LogP contribution in [-0.2, 0) is 14.8 Å². The Labute approximate surface area is 121 Å². The van der Waals surface area contributed by atoms with E-state index in [1.54, 1.807) is 0 Å². The second-order valence-corrected chi connectivity index (χ2v) is 6.53. The first-order valence-corrected chi connectivity index (χ1v) is 8.05. The van der Waals surface area contributed by atoms with Gasteiger partial charge in [0, 0.05) is 6.54 Å². The molecular weight excluding hydrogens is 278 g/mol. The number of benzene rings is 1. The smallest absolute Gasteiger partial charge is 0.241 e. The molecule has 0 unspecified atom stereocenters. The van der Waals surface area contributed by atoms with Crippen molar-refractivity contribution in [3.05, 3.63) is 28.3 Å². The van der Waals surface area contributed by atoms with Crippen molar-refractivity contribution < 1.29 is 18.3 Å². The minimum atomic E-state index is -3.55. The van der Waals surface area contributed by atoms with Gasteiger partial charge < -0.3 is 9.84 Å². The average Bonchev–Trinajstić information content (AvgIpc) is 2.36. The van der Waals surface area contributed by atoms with Gasteiger partial charge in [-0.25, -0.2) is 13.1 Å². The largest absolute Gasteiger partial charge is 0.394 e. The monoisotopic (exact) mass is 301 g/mol.